The van der Waals surface area contributed by atoms with E-state index in [1.807, 2.05) is 12.1 Å². The molecule has 0 atom stereocenters. The molecule has 0 heterocycles. The summed E-state index contributed by atoms with van der Waals surface area (Å²) < 4.78 is 2.64. The van der Waals surface area contributed by atoms with Gasteiger partial charge in [0.2, 0.25) is 0 Å². The van der Waals surface area contributed by atoms with E-state index >= 15 is 0 Å². The van der Waals surface area contributed by atoms with Crippen LogP contribution in [0.5, 0.6) is 0 Å². The summed E-state index contributed by atoms with van der Waals surface area (Å²) in [5, 5.41) is 8.78. The molecule has 4 rings (SSSR count). The number of carboxylic acid groups (broad SMARTS) is 1. The topological polar surface area (TPSA) is 37.3 Å². The van der Waals surface area contributed by atoms with Gasteiger partial charge >= 0.3 is 191 Å². The van der Waals surface area contributed by atoms with E-state index in [9.17, 15) is 4.79 Å². The summed E-state index contributed by atoms with van der Waals surface area (Å²) in [7, 11) is 0. The molecule has 0 aliphatic heterocycles. The van der Waals surface area contributed by atoms with E-state index in [-0.39, 0.29) is 20.4 Å². The Hall–Kier alpha value is -2.87. The van der Waals surface area contributed by atoms with E-state index < -0.39 is 5.97 Å². The summed E-state index contributed by atoms with van der Waals surface area (Å²) in [4.78, 5) is 10.7. The van der Waals surface area contributed by atoms with Crippen LogP contribution in [0.15, 0.2) is 78.9 Å². The molecule has 0 amide bonds. The molecular formula is C28H26O2Se. The molecule has 1 N–H and O–H groups in total. The van der Waals surface area contributed by atoms with Gasteiger partial charge in [-0.3, -0.25) is 0 Å². The molecule has 1 aliphatic carbocycles. The first-order chi connectivity index (χ1) is 14.8. The number of fused-ring (bicyclic) bond motifs is 1. The molecule has 0 fully saturated rings. The number of aryl methyl sites for hydroxylation is 1. The molecule has 0 unspecified atom stereocenters. The van der Waals surface area contributed by atoms with Crippen LogP contribution in [0.2, 0.25) is 0 Å². The number of hydrogen-bond donors (Lipinski definition) is 1. The molecule has 31 heavy (non-hydrogen) atoms. The first-order valence-electron chi connectivity index (χ1n) is 10.4. The van der Waals surface area contributed by atoms with Crippen LogP contribution in [-0.2, 0) is 10.2 Å². The van der Waals surface area contributed by atoms with Crippen molar-refractivity contribution in [2.75, 3.05) is 0 Å². The Morgan fingerprint density at radius 2 is 1.65 bits per heavy atom. The Labute approximate surface area is 190 Å². The molecule has 0 saturated heterocycles. The van der Waals surface area contributed by atoms with E-state index in [4.69, 9.17) is 5.11 Å². The standard InChI is InChI=1S/C28H26O2Se/c1-19-4-9-21(10-5-19)24-16-17-28(2,3)26-18-23(13-14-25(24)26)31-22-11-6-20(7-12-22)8-15-27(29)30/h4-16,18H,17H2,1-3H3,(H,29,30)/b15-8+. The van der Waals surface area contributed by atoms with Crippen LogP contribution in [-0.4, -0.2) is 26.0 Å². The van der Waals surface area contributed by atoms with Crippen LogP contribution in [0.25, 0.3) is 11.6 Å². The molecule has 3 aromatic carbocycles. The number of hydrogen-bond acceptors (Lipinski definition) is 1. The molecule has 0 spiro atoms. The molecule has 2 nitrogen and oxygen atoms in total. The van der Waals surface area contributed by atoms with Gasteiger partial charge in [0, 0.05) is 0 Å². The van der Waals surface area contributed by atoms with Crippen molar-refractivity contribution in [1.29, 1.82) is 0 Å². The summed E-state index contributed by atoms with van der Waals surface area (Å²) in [6.45, 7) is 6.78. The van der Waals surface area contributed by atoms with Crippen molar-refractivity contribution in [2.45, 2.75) is 32.6 Å². The summed E-state index contributed by atoms with van der Waals surface area (Å²) in [5.41, 5.74) is 7.68. The molecule has 0 saturated carbocycles. The maximum atomic E-state index is 10.7. The van der Waals surface area contributed by atoms with Crippen LogP contribution in [0, 0.1) is 6.92 Å². The third-order valence-corrected chi connectivity index (χ3v) is 7.82. The Bertz CT molecular complexity index is 1170. The van der Waals surface area contributed by atoms with Gasteiger partial charge in [-0.15, -0.1) is 0 Å². The molecule has 0 aromatic heterocycles. The van der Waals surface area contributed by atoms with Crippen molar-refractivity contribution in [2.24, 2.45) is 0 Å². The number of carbonyl (C=O) groups is 1. The Kier molecular flexibility index (Phi) is 6.00. The molecule has 3 aromatic rings. The van der Waals surface area contributed by atoms with Gasteiger partial charge in [-0.2, -0.15) is 0 Å². The summed E-state index contributed by atoms with van der Waals surface area (Å²) >= 11 is 0.200. The van der Waals surface area contributed by atoms with Crippen molar-refractivity contribution in [3.63, 3.8) is 0 Å². The molecule has 0 bridgehead atoms. The fraction of sp³-hybridized carbons (Fsp3) is 0.179. The van der Waals surface area contributed by atoms with Crippen molar-refractivity contribution in [3.8, 4) is 0 Å². The number of aliphatic carboxylic acids is 1. The van der Waals surface area contributed by atoms with E-state index in [2.05, 4.69) is 81.4 Å². The van der Waals surface area contributed by atoms with E-state index in [0.717, 1.165) is 12.0 Å². The van der Waals surface area contributed by atoms with Crippen LogP contribution < -0.4 is 8.92 Å². The van der Waals surface area contributed by atoms with Crippen LogP contribution in [0.3, 0.4) is 0 Å². The number of allylic oxidation sites excluding steroid dienone is 1. The van der Waals surface area contributed by atoms with Gasteiger partial charge < -0.3 is 0 Å². The van der Waals surface area contributed by atoms with Gasteiger partial charge in [-0.1, -0.05) is 0 Å². The summed E-state index contributed by atoms with van der Waals surface area (Å²) in [5.74, 6) is -0.927. The van der Waals surface area contributed by atoms with Gasteiger partial charge in [0.15, 0.2) is 0 Å². The second-order valence-electron chi connectivity index (χ2n) is 8.62. The second kappa shape index (κ2) is 8.70. The first-order valence-corrected chi connectivity index (χ1v) is 12.1. The number of carboxylic acids is 1. The van der Waals surface area contributed by atoms with Crippen LogP contribution in [0.1, 0.15) is 48.1 Å². The van der Waals surface area contributed by atoms with E-state index in [0.29, 0.717) is 0 Å². The van der Waals surface area contributed by atoms with Gasteiger partial charge in [-0.05, 0) is 0 Å². The van der Waals surface area contributed by atoms with Gasteiger partial charge in [0.25, 0.3) is 0 Å². The zero-order valence-electron chi connectivity index (χ0n) is 18.1. The van der Waals surface area contributed by atoms with Crippen molar-refractivity contribution in [3.05, 3.63) is 107 Å². The van der Waals surface area contributed by atoms with Gasteiger partial charge in [-0.25, -0.2) is 0 Å². The first kappa shape index (κ1) is 21.4. The fourth-order valence-corrected chi connectivity index (χ4v) is 5.71. The van der Waals surface area contributed by atoms with Gasteiger partial charge in [0.1, 0.15) is 0 Å². The minimum absolute atomic E-state index is 0.112. The third-order valence-electron chi connectivity index (χ3n) is 5.72. The van der Waals surface area contributed by atoms with Crippen LogP contribution in [0.4, 0.5) is 0 Å². The van der Waals surface area contributed by atoms with Gasteiger partial charge in [0.05, 0.1) is 0 Å². The van der Waals surface area contributed by atoms with Crippen molar-refractivity contribution in [1.82, 2.24) is 0 Å². The van der Waals surface area contributed by atoms with E-state index in [1.165, 1.54) is 42.8 Å². The monoisotopic (exact) mass is 474 g/mol. The predicted molar refractivity (Wildman–Crippen MR) is 130 cm³/mol. The van der Waals surface area contributed by atoms with Crippen molar-refractivity contribution >= 4 is 41.5 Å². The SMILES string of the molecule is Cc1ccc(C2=CCC(C)(C)c3cc([Se]c4ccc(/C=C/C(=O)O)cc4)ccc32)cc1. The Balaban J connectivity index is 1.62. The normalized spacial score (nSPS) is 14.9. The quantitative estimate of drug-likeness (QED) is 0.425. The second-order valence-corrected chi connectivity index (χ2v) is 11.0. The van der Waals surface area contributed by atoms with Crippen molar-refractivity contribution < 1.29 is 9.90 Å². The van der Waals surface area contributed by atoms with Crippen LogP contribution >= 0.6 is 0 Å². The molecule has 156 valence electrons. The zero-order chi connectivity index (χ0) is 22.0. The molecule has 3 heteroatoms. The summed E-state index contributed by atoms with van der Waals surface area (Å²) in [6.07, 6.45) is 6.22. The number of benzene rings is 3. The molecule has 1 aliphatic rings. The fourth-order valence-electron chi connectivity index (χ4n) is 3.92. The third kappa shape index (κ3) is 4.90. The Morgan fingerprint density at radius 1 is 0.968 bits per heavy atom. The zero-order valence-corrected chi connectivity index (χ0v) is 19.8. The minimum atomic E-state index is -0.927. The summed E-state index contributed by atoms with van der Waals surface area (Å²) in [6, 6.07) is 23.9. The molecular weight excluding hydrogens is 447 g/mol. The van der Waals surface area contributed by atoms with E-state index in [1.54, 1.807) is 6.08 Å². The maximum absolute atomic E-state index is 10.7. The molecule has 0 radical (unpaired) electrons. The average molecular weight is 473 g/mol. The predicted octanol–water partition coefficient (Wildman–Crippen LogP) is 4.86. The average Bonchev–Trinajstić information content (AvgIpc) is 2.74. The number of rotatable bonds is 5. The Morgan fingerprint density at radius 3 is 2.32 bits per heavy atom.